The number of hydrogen-bond donors (Lipinski definition) is 2. The maximum atomic E-state index is 8.65. The fourth-order valence-electron chi connectivity index (χ4n) is 1.36. The Morgan fingerprint density at radius 2 is 2.24 bits per heavy atom. The lowest BCUT2D eigenvalue weighted by atomic mass is 10.2. The minimum atomic E-state index is -0.00528. The van der Waals surface area contributed by atoms with E-state index < -0.39 is 0 Å². The summed E-state index contributed by atoms with van der Waals surface area (Å²) in [6, 6.07) is 2.01. The molecule has 0 aliphatic heterocycles. The smallest absolute Gasteiger partial charge is 0.226 e. The summed E-state index contributed by atoms with van der Waals surface area (Å²) in [5, 5.41) is 11.6. The Kier molecular flexibility index (Phi) is 4.25. The van der Waals surface area contributed by atoms with Crippen LogP contribution in [0.4, 0.5) is 5.95 Å². The summed E-state index contributed by atoms with van der Waals surface area (Å²) in [6.07, 6.45) is 0.993. The minimum absolute atomic E-state index is 0.00528. The van der Waals surface area contributed by atoms with E-state index in [1.807, 2.05) is 18.9 Å². The van der Waals surface area contributed by atoms with Crippen molar-refractivity contribution in [3.63, 3.8) is 0 Å². The van der Waals surface area contributed by atoms with Crippen molar-refractivity contribution in [3.8, 4) is 0 Å². The summed E-state index contributed by atoms with van der Waals surface area (Å²) in [4.78, 5) is 10.6. The number of hydrogen-bond acceptors (Lipinski definition) is 5. The van der Waals surface area contributed by atoms with Crippen molar-refractivity contribution < 1.29 is 5.21 Å². The Bertz CT molecular complexity index is 418. The third-order valence-corrected chi connectivity index (χ3v) is 2.78. The lowest BCUT2D eigenvalue weighted by Crippen LogP contribution is -2.30. The molecule has 1 unspecified atom stereocenters. The van der Waals surface area contributed by atoms with Gasteiger partial charge >= 0.3 is 0 Å². The molecule has 17 heavy (non-hydrogen) atoms. The van der Waals surface area contributed by atoms with Gasteiger partial charge in [-0.2, -0.15) is 0 Å². The number of nitrogens with two attached hydrogens (primary N) is 1. The number of aryl methyl sites for hydroxylation is 1. The van der Waals surface area contributed by atoms with E-state index in [1.54, 1.807) is 6.07 Å². The maximum absolute atomic E-state index is 8.65. The van der Waals surface area contributed by atoms with Crippen molar-refractivity contribution in [2.24, 2.45) is 10.9 Å². The summed E-state index contributed by atoms with van der Waals surface area (Å²) >= 11 is 0. The number of rotatable bonds is 4. The highest BCUT2D eigenvalue weighted by atomic mass is 16.4. The predicted molar refractivity (Wildman–Crippen MR) is 67.4 cm³/mol. The Balaban J connectivity index is 3.13. The van der Waals surface area contributed by atoms with Gasteiger partial charge in [0.15, 0.2) is 5.84 Å². The lowest BCUT2D eigenvalue weighted by molar-refractivity contribution is 0.318. The molecule has 0 saturated carbocycles. The zero-order valence-corrected chi connectivity index (χ0v) is 10.7. The highest BCUT2D eigenvalue weighted by Crippen LogP contribution is 2.13. The first-order chi connectivity index (χ1) is 7.99. The molecule has 0 bridgehead atoms. The second kappa shape index (κ2) is 5.47. The molecule has 6 nitrogen and oxygen atoms in total. The Morgan fingerprint density at radius 1 is 1.59 bits per heavy atom. The van der Waals surface area contributed by atoms with Gasteiger partial charge in [0, 0.05) is 18.8 Å². The van der Waals surface area contributed by atoms with E-state index in [0.717, 1.165) is 12.1 Å². The van der Waals surface area contributed by atoms with Crippen LogP contribution in [0.2, 0.25) is 0 Å². The fraction of sp³-hybridized carbons (Fsp3) is 0.545. The van der Waals surface area contributed by atoms with Crippen LogP contribution in [0.1, 0.15) is 31.7 Å². The molecule has 1 aromatic heterocycles. The van der Waals surface area contributed by atoms with E-state index in [9.17, 15) is 0 Å². The van der Waals surface area contributed by atoms with Crippen molar-refractivity contribution in [2.45, 2.75) is 33.2 Å². The van der Waals surface area contributed by atoms with Gasteiger partial charge in [0.25, 0.3) is 0 Å². The average molecular weight is 237 g/mol. The summed E-state index contributed by atoms with van der Waals surface area (Å²) in [5.41, 5.74) is 6.75. The number of anilines is 1. The van der Waals surface area contributed by atoms with Crippen molar-refractivity contribution in [1.29, 1.82) is 0 Å². The van der Waals surface area contributed by atoms with Crippen molar-refractivity contribution >= 4 is 11.8 Å². The van der Waals surface area contributed by atoms with Crippen molar-refractivity contribution in [3.05, 3.63) is 17.5 Å². The molecular formula is C11H19N5O. The summed E-state index contributed by atoms with van der Waals surface area (Å²) in [7, 11) is 1.93. The van der Waals surface area contributed by atoms with Gasteiger partial charge in [-0.15, -0.1) is 0 Å². The van der Waals surface area contributed by atoms with Crippen LogP contribution in [0.25, 0.3) is 0 Å². The van der Waals surface area contributed by atoms with Crippen LogP contribution >= 0.6 is 0 Å². The molecular weight excluding hydrogens is 218 g/mol. The highest BCUT2D eigenvalue weighted by Gasteiger charge is 2.13. The van der Waals surface area contributed by atoms with Gasteiger partial charge in [0.1, 0.15) is 5.69 Å². The van der Waals surface area contributed by atoms with Gasteiger partial charge in [0.2, 0.25) is 5.95 Å². The van der Waals surface area contributed by atoms with Crippen LogP contribution in [-0.4, -0.2) is 34.1 Å². The number of nitrogens with zero attached hydrogens (tertiary/aromatic N) is 4. The first-order valence-corrected chi connectivity index (χ1v) is 5.56. The second-order valence-electron chi connectivity index (χ2n) is 4.05. The van der Waals surface area contributed by atoms with E-state index in [2.05, 4.69) is 29.0 Å². The zero-order chi connectivity index (χ0) is 13.0. The predicted octanol–water partition coefficient (Wildman–Crippen LogP) is 1.11. The maximum Gasteiger partial charge on any atom is 0.226 e. The van der Waals surface area contributed by atoms with E-state index in [-0.39, 0.29) is 5.84 Å². The SMILES string of the molecule is CCC(C)N(C)c1nc(C)cc(/C(N)=N/O)n1. The quantitative estimate of drug-likeness (QED) is 0.354. The average Bonchev–Trinajstić information content (AvgIpc) is 2.35. The number of aromatic nitrogens is 2. The molecule has 0 saturated heterocycles. The molecule has 0 amide bonds. The highest BCUT2D eigenvalue weighted by molar-refractivity contribution is 5.95. The van der Waals surface area contributed by atoms with Crippen LogP contribution < -0.4 is 10.6 Å². The van der Waals surface area contributed by atoms with Crippen LogP contribution in [0.3, 0.4) is 0 Å². The summed E-state index contributed by atoms with van der Waals surface area (Å²) < 4.78 is 0. The monoisotopic (exact) mass is 237 g/mol. The van der Waals surface area contributed by atoms with Crippen LogP contribution in [0, 0.1) is 6.92 Å². The van der Waals surface area contributed by atoms with Crippen LogP contribution in [0.5, 0.6) is 0 Å². The molecule has 0 radical (unpaired) electrons. The fourth-order valence-corrected chi connectivity index (χ4v) is 1.36. The van der Waals surface area contributed by atoms with E-state index in [4.69, 9.17) is 10.9 Å². The molecule has 1 aromatic rings. The third kappa shape index (κ3) is 3.05. The third-order valence-electron chi connectivity index (χ3n) is 2.78. The van der Waals surface area contributed by atoms with Crippen molar-refractivity contribution in [2.75, 3.05) is 11.9 Å². The molecule has 0 aliphatic carbocycles. The van der Waals surface area contributed by atoms with E-state index >= 15 is 0 Å². The van der Waals surface area contributed by atoms with Gasteiger partial charge < -0.3 is 15.8 Å². The molecule has 1 atom stereocenters. The van der Waals surface area contributed by atoms with Gasteiger partial charge in [-0.3, -0.25) is 0 Å². The Labute approximate surface area is 101 Å². The number of amidine groups is 1. The first kappa shape index (κ1) is 13.2. The molecule has 3 N–H and O–H groups in total. The van der Waals surface area contributed by atoms with Crippen molar-refractivity contribution in [1.82, 2.24) is 9.97 Å². The van der Waals surface area contributed by atoms with Gasteiger partial charge in [0.05, 0.1) is 0 Å². The lowest BCUT2D eigenvalue weighted by Gasteiger charge is -2.24. The zero-order valence-electron chi connectivity index (χ0n) is 10.7. The second-order valence-corrected chi connectivity index (χ2v) is 4.05. The largest absolute Gasteiger partial charge is 0.409 e. The van der Waals surface area contributed by atoms with Gasteiger partial charge in [-0.25, -0.2) is 9.97 Å². The minimum Gasteiger partial charge on any atom is -0.409 e. The summed E-state index contributed by atoms with van der Waals surface area (Å²) in [6.45, 7) is 6.04. The molecule has 94 valence electrons. The molecule has 0 aromatic carbocycles. The first-order valence-electron chi connectivity index (χ1n) is 5.56. The molecule has 1 rings (SSSR count). The Morgan fingerprint density at radius 3 is 2.76 bits per heavy atom. The van der Waals surface area contributed by atoms with Crippen LogP contribution in [0.15, 0.2) is 11.2 Å². The number of oxime groups is 1. The Hall–Kier alpha value is -1.85. The topological polar surface area (TPSA) is 87.6 Å². The van der Waals surface area contributed by atoms with Gasteiger partial charge in [-0.1, -0.05) is 12.1 Å². The van der Waals surface area contributed by atoms with E-state index in [1.165, 1.54) is 0 Å². The molecule has 6 heteroatoms. The molecule has 0 aliphatic rings. The van der Waals surface area contributed by atoms with E-state index in [0.29, 0.717) is 17.7 Å². The molecule has 0 spiro atoms. The standard InChI is InChI=1S/C11H19N5O/c1-5-8(3)16(4)11-13-7(2)6-9(14-11)10(12)15-17/h6,8,17H,5H2,1-4H3,(H2,12,15). The van der Waals surface area contributed by atoms with Crippen LogP contribution in [-0.2, 0) is 0 Å². The van der Waals surface area contributed by atoms with Gasteiger partial charge in [-0.05, 0) is 26.3 Å². The summed E-state index contributed by atoms with van der Waals surface area (Å²) in [5.74, 6) is 0.579. The normalized spacial score (nSPS) is 13.5. The molecule has 1 heterocycles. The molecule has 0 fully saturated rings.